The number of hydrogen-bond acceptors (Lipinski definition) is 8. The van der Waals surface area contributed by atoms with Gasteiger partial charge in [-0.05, 0) is 13.8 Å². The average molecular weight is 294 g/mol. The first-order chi connectivity index (χ1) is 9.55. The second-order valence-electron chi connectivity index (χ2n) is 4.72. The Bertz CT molecular complexity index is 557. The second kappa shape index (κ2) is 6.12. The summed E-state index contributed by atoms with van der Waals surface area (Å²) in [6.45, 7) is 4.40. The predicted molar refractivity (Wildman–Crippen MR) is 79.3 cm³/mol. The maximum absolute atomic E-state index is 5.42. The van der Waals surface area contributed by atoms with Gasteiger partial charge in [-0.3, -0.25) is 0 Å². The van der Waals surface area contributed by atoms with E-state index in [1.165, 1.54) is 0 Å². The number of nitrogens with zero attached hydrogens (tertiary/aromatic N) is 3. The molecule has 0 fully saturated rings. The lowest BCUT2D eigenvalue weighted by Gasteiger charge is -2.24. The number of nitrogens with one attached hydrogen (secondary N) is 2. The lowest BCUT2D eigenvalue weighted by Crippen LogP contribution is -2.28. The van der Waals surface area contributed by atoms with Crippen LogP contribution in [0.2, 0.25) is 0 Å². The van der Waals surface area contributed by atoms with Crippen molar-refractivity contribution in [3.8, 4) is 0 Å². The number of rotatable bonds is 6. The highest BCUT2D eigenvalue weighted by Crippen LogP contribution is 2.27. The van der Waals surface area contributed by atoms with Gasteiger partial charge in [-0.2, -0.15) is 0 Å². The van der Waals surface area contributed by atoms with Crippen molar-refractivity contribution in [3.05, 3.63) is 28.5 Å². The highest BCUT2D eigenvalue weighted by atomic mass is 32.1. The number of nitrogens with two attached hydrogens (primary N) is 1. The molecule has 0 aliphatic heterocycles. The van der Waals surface area contributed by atoms with E-state index in [4.69, 9.17) is 10.6 Å². The summed E-state index contributed by atoms with van der Waals surface area (Å²) >= 11 is 1.59. The summed E-state index contributed by atoms with van der Waals surface area (Å²) in [6, 6.07) is 1.74. The van der Waals surface area contributed by atoms with E-state index >= 15 is 0 Å². The molecule has 7 nitrogen and oxygen atoms in total. The second-order valence-corrected chi connectivity index (χ2v) is 5.61. The van der Waals surface area contributed by atoms with E-state index in [-0.39, 0.29) is 5.54 Å². The van der Waals surface area contributed by atoms with Crippen molar-refractivity contribution in [2.24, 2.45) is 5.84 Å². The Labute approximate surface area is 121 Å². The lowest BCUT2D eigenvalue weighted by atomic mass is 10.1. The average Bonchev–Trinajstić information content (AvgIpc) is 2.93. The third-order valence-corrected chi connectivity index (χ3v) is 3.70. The molecule has 8 heteroatoms. The summed E-state index contributed by atoms with van der Waals surface area (Å²) in [6.07, 6.45) is 1.78. The van der Waals surface area contributed by atoms with Crippen LogP contribution in [0.4, 0.5) is 11.6 Å². The number of methoxy groups -OCH3 is 1. The maximum Gasteiger partial charge on any atom is 0.158 e. The molecule has 2 rings (SSSR count). The van der Waals surface area contributed by atoms with E-state index in [1.54, 1.807) is 30.7 Å². The zero-order valence-electron chi connectivity index (χ0n) is 11.7. The number of ether oxygens (including phenoxy) is 1. The van der Waals surface area contributed by atoms with Crippen LogP contribution < -0.4 is 16.6 Å². The van der Waals surface area contributed by atoms with Crippen molar-refractivity contribution in [3.63, 3.8) is 0 Å². The van der Waals surface area contributed by atoms with Gasteiger partial charge in [0.25, 0.3) is 0 Å². The van der Waals surface area contributed by atoms with Crippen molar-refractivity contribution < 1.29 is 4.74 Å². The van der Waals surface area contributed by atoms with Crippen LogP contribution in [0.25, 0.3) is 0 Å². The Balaban J connectivity index is 2.26. The zero-order chi connectivity index (χ0) is 14.6. The quantitative estimate of drug-likeness (QED) is 0.551. The zero-order valence-corrected chi connectivity index (χ0v) is 12.5. The van der Waals surface area contributed by atoms with Crippen LogP contribution >= 0.6 is 11.3 Å². The molecule has 0 saturated carbocycles. The minimum atomic E-state index is -0.335. The molecule has 2 aromatic rings. The van der Waals surface area contributed by atoms with Crippen molar-refractivity contribution in [1.29, 1.82) is 0 Å². The van der Waals surface area contributed by atoms with E-state index in [0.29, 0.717) is 24.1 Å². The van der Waals surface area contributed by atoms with Gasteiger partial charge < -0.3 is 15.5 Å². The van der Waals surface area contributed by atoms with Gasteiger partial charge in [0, 0.05) is 24.8 Å². The van der Waals surface area contributed by atoms with Crippen LogP contribution in [0.5, 0.6) is 0 Å². The van der Waals surface area contributed by atoms with Gasteiger partial charge in [0.1, 0.15) is 23.3 Å². The predicted octanol–water partition coefficient (Wildman–Crippen LogP) is 1.71. The molecule has 0 atom stereocenters. The summed E-state index contributed by atoms with van der Waals surface area (Å²) in [5.74, 6) is 7.18. The summed E-state index contributed by atoms with van der Waals surface area (Å²) in [5.41, 5.74) is 2.19. The number of thiazole rings is 1. The van der Waals surface area contributed by atoms with Gasteiger partial charge in [-0.25, -0.2) is 20.8 Å². The maximum atomic E-state index is 5.42. The molecule has 0 unspecified atom stereocenters. The van der Waals surface area contributed by atoms with Crippen LogP contribution in [0.1, 0.15) is 24.7 Å². The number of aromatic nitrogens is 3. The highest BCUT2D eigenvalue weighted by molar-refractivity contribution is 7.09. The molecule has 0 radical (unpaired) electrons. The van der Waals surface area contributed by atoms with Crippen molar-refractivity contribution in [2.45, 2.75) is 26.0 Å². The van der Waals surface area contributed by atoms with Crippen molar-refractivity contribution in [2.75, 3.05) is 17.9 Å². The van der Waals surface area contributed by atoms with Crippen LogP contribution in [0, 0.1) is 0 Å². The third-order valence-electron chi connectivity index (χ3n) is 2.60. The first kappa shape index (κ1) is 14.6. The van der Waals surface area contributed by atoms with Crippen LogP contribution in [-0.2, 0) is 16.9 Å². The minimum absolute atomic E-state index is 0.321. The third kappa shape index (κ3) is 3.41. The van der Waals surface area contributed by atoms with Crippen molar-refractivity contribution in [1.82, 2.24) is 15.0 Å². The molecule has 4 N–H and O–H groups in total. The minimum Gasteiger partial charge on any atom is -0.377 e. The van der Waals surface area contributed by atoms with Gasteiger partial charge in [0.05, 0.1) is 5.54 Å². The fourth-order valence-electron chi connectivity index (χ4n) is 1.73. The molecule has 2 heterocycles. The van der Waals surface area contributed by atoms with Gasteiger partial charge in [0.2, 0.25) is 0 Å². The Morgan fingerprint density at radius 2 is 2.10 bits per heavy atom. The molecular formula is C12H18N6OS. The standard InChI is InChI=1S/C12H18N6OS/c1-12(2,11-14-4-5-20-11)17-8-6-9(18-13)16-10(15-8)7-19-3/h4-6H,7,13H2,1-3H3,(H2,15,16,17,18). The SMILES string of the molecule is COCc1nc(NN)cc(NC(C)(C)c2nccs2)n1. The largest absolute Gasteiger partial charge is 0.377 e. The van der Waals surface area contributed by atoms with E-state index in [9.17, 15) is 0 Å². The molecule has 2 aromatic heterocycles. The summed E-state index contributed by atoms with van der Waals surface area (Å²) in [4.78, 5) is 12.9. The fourth-order valence-corrected chi connectivity index (χ4v) is 2.45. The van der Waals surface area contributed by atoms with Gasteiger partial charge in [-0.1, -0.05) is 0 Å². The van der Waals surface area contributed by atoms with Crippen LogP contribution in [0.3, 0.4) is 0 Å². The first-order valence-electron chi connectivity index (χ1n) is 6.07. The molecule has 0 amide bonds. The van der Waals surface area contributed by atoms with E-state index in [1.807, 2.05) is 19.2 Å². The smallest absolute Gasteiger partial charge is 0.158 e. The van der Waals surface area contributed by atoms with Crippen LogP contribution in [0.15, 0.2) is 17.6 Å². The molecule has 108 valence electrons. The Kier molecular flexibility index (Phi) is 4.48. The first-order valence-corrected chi connectivity index (χ1v) is 6.95. The molecule has 0 spiro atoms. The summed E-state index contributed by atoms with van der Waals surface area (Å²) < 4.78 is 5.05. The number of anilines is 2. The van der Waals surface area contributed by atoms with E-state index in [0.717, 1.165) is 5.01 Å². The number of hydrogen-bond donors (Lipinski definition) is 3. The Morgan fingerprint density at radius 3 is 2.70 bits per heavy atom. The van der Waals surface area contributed by atoms with Gasteiger partial charge >= 0.3 is 0 Å². The Morgan fingerprint density at radius 1 is 1.35 bits per heavy atom. The molecule has 0 aliphatic rings. The van der Waals surface area contributed by atoms with Crippen molar-refractivity contribution >= 4 is 23.0 Å². The van der Waals surface area contributed by atoms with E-state index < -0.39 is 0 Å². The molecule has 0 aliphatic carbocycles. The molecule has 0 bridgehead atoms. The molecule has 0 aromatic carbocycles. The highest BCUT2D eigenvalue weighted by Gasteiger charge is 2.24. The fraction of sp³-hybridized carbons (Fsp3) is 0.417. The molecule has 20 heavy (non-hydrogen) atoms. The summed E-state index contributed by atoms with van der Waals surface area (Å²) in [5, 5.41) is 6.26. The van der Waals surface area contributed by atoms with Gasteiger partial charge in [0.15, 0.2) is 5.82 Å². The topological polar surface area (TPSA) is 98.0 Å². The van der Waals surface area contributed by atoms with Crippen LogP contribution in [-0.4, -0.2) is 22.1 Å². The Hall–Kier alpha value is -1.77. The number of hydrazine groups is 1. The van der Waals surface area contributed by atoms with Gasteiger partial charge in [-0.15, -0.1) is 11.3 Å². The normalized spacial score (nSPS) is 11.4. The molecule has 0 saturated heterocycles. The number of nitrogen functional groups attached to an aromatic ring is 1. The summed E-state index contributed by atoms with van der Waals surface area (Å²) in [7, 11) is 1.60. The monoisotopic (exact) mass is 294 g/mol. The lowest BCUT2D eigenvalue weighted by molar-refractivity contribution is 0.178. The molecular weight excluding hydrogens is 276 g/mol. The van der Waals surface area contributed by atoms with E-state index in [2.05, 4.69) is 25.7 Å².